The third kappa shape index (κ3) is 4.66. The zero-order valence-corrected chi connectivity index (χ0v) is 17.0. The van der Waals surface area contributed by atoms with Crippen molar-refractivity contribution in [3.8, 4) is 17.1 Å². The number of hydrazone groups is 1. The number of hydrogen-bond donors (Lipinski definition) is 1. The molecule has 0 aliphatic rings. The van der Waals surface area contributed by atoms with E-state index in [-0.39, 0.29) is 11.7 Å². The molecule has 4 aromatic rings. The van der Waals surface area contributed by atoms with Crippen LogP contribution in [0.5, 0.6) is 0 Å². The smallest absolute Gasteiger partial charge is 0.250 e. The molecule has 0 unspecified atom stereocenters. The van der Waals surface area contributed by atoms with Gasteiger partial charge in [0.2, 0.25) is 0 Å². The van der Waals surface area contributed by atoms with E-state index in [1.807, 2.05) is 66.1 Å². The number of benzene rings is 2. The summed E-state index contributed by atoms with van der Waals surface area (Å²) in [6.07, 6.45) is 2.99. The molecule has 2 heterocycles. The van der Waals surface area contributed by atoms with Gasteiger partial charge in [-0.15, -0.1) is 10.2 Å². The van der Waals surface area contributed by atoms with Gasteiger partial charge in [0.25, 0.3) is 5.91 Å². The van der Waals surface area contributed by atoms with Gasteiger partial charge in [0.15, 0.2) is 11.0 Å². The molecule has 0 atom stereocenters. The number of carbonyl (C=O) groups excluding carboxylic acids is 1. The van der Waals surface area contributed by atoms with Crippen molar-refractivity contribution >= 4 is 23.9 Å². The van der Waals surface area contributed by atoms with Gasteiger partial charge in [0, 0.05) is 11.3 Å². The van der Waals surface area contributed by atoms with E-state index in [1.165, 1.54) is 18.0 Å². The molecule has 0 fully saturated rings. The van der Waals surface area contributed by atoms with Crippen LogP contribution in [0.15, 0.2) is 87.7 Å². The molecular weight excluding hydrogens is 398 g/mol. The first-order chi connectivity index (χ1) is 14.7. The van der Waals surface area contributed by atoms with Crippen molar-refractivity contribution in [3.63, 3.8) is 0 Å². The van der Waals surface area contributed by atoms with Crippen LogP contribution < -0.4 is 5.43 Å². The SMILES string of the molecule is Cc1ccc(-n2c(SCC(=O)N/N=C/c3ccco3)nnc2-c2ccccc2)cc1. The van der Waals surface area contributed by atoms with E-state index in [4.69, 9.17) is 4.42 Å². The van der Waals surface area contributed by atoms with E-state index >= 15 is 0 Å². The van der Waals surface area contributed by atoms with Gasteiger partial charge in [0.05, 0.1) is 18.2 Å². The maximum Gasteiger partial charge on any atom is 0.250 e. The average Bonchev–Trinajstić information content (AvgIpc) is 3.43. The average molecular weight is 417 g/mol. The molecular formula is C22H19N5O2S. The summed E-state index contributed by atoms with van der Waals surface area (Å²) in [6, 6.07) is 21.5. The van der Waals surface area contributed by atoms with Crippen LogP contribution in [-0.4, -0.2) is 32.6 Å². The Morgan fingerprint density at radius 1 is 1.10 bits per heavy atom. The molecule has 8 heteroatoms. The standard InChI is InChI=1S/C22H19N5O2S/c1-16-9-11-18(12-10-16)27-21(17-6-3-2-4-7-17)25-26-22(27)30-15-20(28)24-23-14-19-8-5-13-29-19/h2-14H,15H2,1H3,(H,24,28)/b23-14+. The molecule has 2 aromatic heterocycles. The van der Waals surface area contributed by atoms with Crippen LogP contribution in [0.1, 0.15) is 11.3 Å². The summed E-state index contributed by atoms with van der Waals surface area (Å²) in [5.41, 5.74) is 5.53. The van der Waals surface area contributed by atoms with Crippen molar-refractivity contribution in [3.05, 3.63) is 84.3 Å². The van der Waals surface area contributed by atoms with Crippen LogP contribution in [0.25, 0.3) is 17.1 Å². The normalized spacial score (nSPS) is 11.1. The Bertz CT molecular complexity index is 1140. The van der Waals surface area contributed by atoms with Crippen molar-refractivity contribution in [2.45, 2.75) is 12.1 Å². The minimum Gasteiger partial charge on any atom is -0.463 e. The molecule has 0 aliphatic heterocycles. The molecule has 4 rings (SSSR count). The fourth-order valence-electron chi connectivity index (χ4n) is 2.76. The fraction of sp³-hybridized carbons (Fsp3) is 0.0909. The zero-order valence-electron chi connectivity index (χ0n) is 16.2. The van der Waals surface area contributed by atoms with E-state index in [0.29, 0.717) is 10.9 Å². The quantitative estimate of drug-likeness (QED) is 0.278. The van der Waals surface area contributed by atoms with Crippen LogP contribution in [0.2, 0.25) is 0 Å². The summed E-state index contributed by atoms with van der Waals surface area (Å²) < 4.78 is 7.09. The lowest BCUT2D eigenvalue weighted by Crippen LogP contribution is -2.19. The molecule has 0 bridgehead atoms. The van der Waals surface area contributed by atoms with Gasteiger partial charge < -0.3 is 4.42 Å². The van der Waals surface area contributed by atoms with Gasteiger partial charge in [-0.25, -0.2) is 5.43 Å². The third-order valence-corrected chi connectivity index (χ3v) is 5.14. The Morgan fingerprint density at radius 2 is 1.90 bits per heavy atom. The van der Waals surface area contributed by atoms with Gasteiger partial charge in [0.1, 0.15) is 5.76 Å². The number of nitrogens with one attached hydrogen (secondary N) is 1. The predicted molar refractivity (Wildman–Crippen MR) is 117 cm³/mol. The van der Waals surface area contributed by atoms with Crippen LogP contribution in [0, 0.1) is 6.92 Å². The highest BCUT2D eigenvalue weighted by atomic mass is 32.2. The Hall–Kier alpha value is -3.65. The first-order valence-electron chi connectivity index (χ1n) is 9.27. The van der Waals surface area contributed by atoms with Crippen molar-refractivity contribution in [2.24, 2.45) is 5.10 Å². The summed E-state index contributed by atoms with van der Waals surface area (Å²) in [4.78, 5) is 12.2. The Balaban J connectivity index is 1.53. The number of nitrogens with zero attached hydrogens (tertiary/aromatic N) is 4. The molecule has 0 aliphatic carbocycles. The monoisotopic (exact) mass is 417 g/mol. The summed E-state index contributed by atoms with van der Waals surface area (Å²) in [6.45, 7) is 2.04. The van der Waals surface area contributed by atoms with Crippen molar-refractivity contribution < 1.29 is 9.21 Å². The number of aryl methyl sites for hydroxylation is 1. The molecule has 0 radical (unpaired) electrons. The van der Waals surface area contributed by atoms with Crippen LogP contribution in [0.4, 0.5) is 0 Å². The maximum atomic E-state index is 12.2. The van der Waals surface area contributed by atoms with Gasteiger partial charge in [-0.1, -0.05) is 59.8 Å². The minimum absolute atomic E-state index is 0.147. The molecule has 2 aromatic carbocycles. The van der Waals surface area contributed by atoms with Gasteiger partial charge in [-0.05, 0) is 31.2 Å². The lowest BCUT2D eigenvalue weighted by Gasteiger charge is -2.10. The first-order valence-corrected chi connectivity index (χ1v) is 10.3. The number of thioether (sulfide) groups is 1. The molecule has 30 heavy (non-hydrogen) atoms. The second kappa shape index (κ2) is 9.23. The minimum atomic E-state index is -0.248. The molecule has 0 saturated carbocycles. The summed E-state index contributed by atoms with van der Waals surface area (Å²) >= 11 is 1.30. The second-order valence-corrected chi connectivity index (χ2v) is 7.38. The highest BCUT2D eigenvalue weighted by Gasteiger charge is 2.17. The van der Waals surface area contributed by atoms with Crippen LogP contribution >= 0.6 is 11.8 Å². The van der Waals surface area contributed by atoms with E-state index in [2.05, 4.69) is 20.7 Å². The van der Waals surface area contributed by atoms with Gasteiger partial charge in [-0.3, -0.25) is 9.36 Å². The number of carbonyl (C=O) groups is 1. The maximum absolute atomic E-state index is 12.2. The van der Waals surface area contributed by atoms with E-state index in [0.717, 1.165) is 22.6 Å². The highest BCUT2D eigenvalue weighted by molar-refractivity contribution is 7.99. The second-order valence-electron chi connectivity index (χ2n) is 6.44. The van der Waals surface area contributed by atoms with Crippen molar-refractivity contribution in [2.75, 3.05) is 5.75 Å². The first kappa shape index (κ1) is 19.7. The van der Waals surface area contributed by atoms with Crippen LogP contribution in [0.3, 0.4) is 0 Å². The topological polar surface area (TPSA) is 85.3 Å². The lowest BCUT2D eigenvalue weighted by molar-refractivity contribution is -0.118. The third-order valence-electron chi connectivity index (χ3n) is 4.21. The molecule has 7 nitrogen and oxygen atoms in total. The summed E-state index contributed by atoms with van der Waals surface area (Å²) in [5, 5.41) is 13.2. The van der Waals surface area contributed by atoms with Crippen LogP contribution in [-0.2, 0) is 4.79 Å². The molecule has 0 spiro atoms. The highest BCUT2D eigenvalue weighted by Crippen LogP contribution is 2.28. The Morgan fingerprint density at radius 3 is 2.63 bits per heavy atom. The summed E-state index contributed by atoms with van der Waals surface area (Å²) in [5.74, 6) is 1.18. The number of hydrogen-bond acceptors (Lipinski definition) is 6. The van der Waals surface area contributed by atoms with Crippen molar-refractivity contribution in [1.82, 2.24) is 20.2 Å². The molecule has 1 N–H and O–H groups in total. The fourth-order valence-corrected chi connectivity index (χ4v) is 3.50. The Kier molecular flexibility index (Phi) is 6.05. The molecule has 150 valence electrons. The van der Waals surface area contributed by atoms with Gasteiger partial charge >= 0.3 is 0 Å². The largest absolute Gasteiger partial charge is 0.463 e. The van der Waals surface area contributed by atoms with E-state index in [9.17, 15) is 4.79 Å². The Labute approximate surface area is 177 Å². The van der Waals surface area contributed by atoms with E-state index in [1.54, 1.807) is 18.4 Å². The number of furan rings is 1. The number of rotatable bonds is 7. The van der Waals surface area contributed by atoms with Gasteiger partial charge in [-0.2, -0.15) is 5.10 Å². The molecule has 1 amide bonds. The zero-order chi connectivity index (χ0) is 20.8. The number of amides is 1. The van der Waals surface area contributed by atoms with Crippen molar-refractivity contribution in [1.29, 1.82) is 0 Å². The summed E-state index contributed by atoms with van der Waals surface area (Å²) in [7, 11) is 0. The lowest BCUT2D eigenvalue weighted by atomic mass is 10.2. The predicted octanol–water partition coefficient (Wildman–Crippen LogP) is 4.08. The number of aromatic nitrogens is 3. The molecule has 0 saturated heterocycles. The van der Waals surface area contributed by atoms with E-state index < -0.39 is 0 Å².